The molecule has 0 bridgehead atoms. The molecule has 0 aromatic heterocycles. The molecule has 0 aliphatic carbocycles. The minimum Gasteiger partial charge on any atom is -0.480 e. The lowest BCUT2D eigenvalue weighted by molar-refractivity contribution is -0.140. The van der Waals surface area contributed by atoms with Crippen molar-refractivity contribution in [3.05, 3.63) is 11.6 Å². The zero-order valence-corrected chi connectivity index (χ0v) is 8.33. The Labute approximate surface area is 78.6 Å². The van der Waals surface area contributed by atoms with Crippen LogP contribution in [0.15, 0.2) is 11.6 Å². The number of rotatable bonds is 6. The number of carboxylic acid groups (broad SMARTS) is 1. The van der Waals surface area contributed by atoms with E-state index in [2.05, 4.69) is 5.32 Å². The second-order valence-corrected chi connectivity index (χ2v) is 3.04. The van der Waals surface area contributed by atoms with Crippen LogP contribution < -0.4 is 5.32 Å². The highest BCUT2D eigenvalue weighted by molar-refractivity contribution is 5.73. The summed E-state index contributed by atoms with van der Waals surface area (Å²) in [6, 6.07) is -0.624. The standard InChI is InChI=1S/C9H17NO3/c1-7(2)4-5-10-8(6-13-3)9(11)12/h4,8,10H,5-6H2,1-3H3,(H,11,12). The Kier molecular flexibility index (Phi) is 6.18. The van der Waals surface area contributed by atoms with Gasteiger partial charge in [0.15, 0.2) is 0 Å². The Hall–Kier alpha value is -0.870. The number of hydrogen-bond acceptors (Lipinski definition) is 3. The van der Waals surface area contributed by atoms with Crippen molar-refractivity contribution in [2.75, 3.05) is 20.3 Å². The molecule has 0 aromatic rings. The molecular formula is C9H17NO3. The van der Waals surface area contributed by atoms with Crippen molar-refractivity contribution in [1.82, 2.24) is 5.32 Å². The molecule has 1 atom stereocenters. The van der Waals surface area contributed by atoms with E-state index in [0.717, 1.165) is 5.57 Å². The fourth-order valence-electron chi connectivity index (χ4n) is 0.789. The smallest absolute Gasteiger partial charge is 0.323 e. The van der Waals surface area contributed by atoms with Crippen LogP contribution in [0.4, 0.5) is 0 Å². The van der Waals surface area contributed by atoms with Gasteiger partial charge >= 0.3 is 5.97 Å². The highest BCUT2D eigenvalue weighted by Crippen LogP contribution is 1.89. The predicted octanol–water partition coefficient (Wildman–Crippen LogP) is 0.642. The Morgan fingerprint density at radius 2 is 2.23 bits per heavy atom. The first-order chi connectivity index (χ1) is 6.07. The van der Waals surface area contributed by atoms with Crippen molar-refractivity contribution in [2.24, 2.45) is 0 Å². The summed E-state index contributed by atoms with van der Waals surface area (Å²) in [4.78, 5) is 10.6. The Bertz CT molecular complexity index is 185. The van der Waals surface area contributed by atoms with Gasteiger partial charge in [-0.25, -0.2) is 0 Å². The largest absolute Gasteiger partial charge is 0.480 e. The number of nitrogens with one attached hydrogen (secondary N) is 1. The minimum atomic E-state index is -0.885. The topological polar surface area (TPSA) is 58.6 Å². The van der Waals surface area contributed by atoms with Gasteiger partial charge in [0, 0.05) is 13.7 Å². The van der Waals surface area contributed by atoms with Gasteiger partial charge in [-0.3, -0.25) is 10.1 Å². The molecule has 0 heterocycles. The third-order valence-corrected chi connectivity index (χ3v) is 1.51. The normalized spacial score (nSPS) is 12.2. The van der Waals surface area contributed by atoms with E-state index in [-0.39, 0.29) is 6.61 Å². The van der Waals surface area contributed by atoms with Crippen molar-refractivity contribution in [3.63, 3.8) is 0 Å². The maximum Gasteiger partial charge on any atom is 0.323 e. The summed E-state index contributed by atoms with van der Waals surface area (Å²) in [6.07, 6.45) is 1.94. The van der Waals surface area contributed by atoms with Crippen LogP contribution in [0.5, 0.6) is 0 Å². The molecule has 4 heteroatoms. The van der Waals surface area contributed by atoms with Crippen molar-refractivity contribution in [3.8, 4) is 0 Å². The molecule has 0 amide bonds. The first-order valence-corrected chi connectivity index (χ1v) is 4.16. The summed E-state index contributed by atoms with van der Waals surface area (Å²) in [6.45, 7) is 4.68. The molecule has 13 heavy (non-hydrogen) atoms. The fraction of sp³-hybridized carbons (Fsp3) is 0.667. The minimum absolute atomic E-state index is 0.186. The number of carboxylic acids is 1. The summed E-state index contributed by atoms with van der Waals surface area (Å²) < 4.78 is 4.76. The molecule has 0 aliphatic heterocycles. The average Bonchev–Trinajstić information content (AvgIpc) is 2.02. The van der Waals surface area contributed by atoms with E-state index < -0.39 is 12.0 Å². The fourth-order valence-corrected chi connectivity index (χ4v) is 0.789. The van der Waals surface area contributed by atoms with Crippen LogP contribution in [0.25, 0.3) is 0 Å². The summed E-state index contributed by atoms with van der Waals surface area (Å²) in [5.41, 5.74) is 1.16. The molecule has 0 aromatic carbocycles. The van der Waals surface area contributed by atoms with Gasteiger partial charge in [0.2, 0.25) is 0 Å². The van der Waals surface area contributed by atoms with E-state index in [1.54, 1.807) is 0 Å². The summed E-state index contributed by atoms with van der Waals surface area (Å²) in [7, 11) is 1.48. The average molecular weight is 187 g/mol. The molecule has 0 aliphatic rings. The lowest BCUT2D eigenvalue weighted by Crippen LogP contribution is -2.40. The predicted molar refractivity (Wildman–Crippen MR) is 50.7 cm³/mol. The molecule has 0 rings (SSSR count). The van der Waals surface area contributed by atoms with Crippen molar-refractivity contribution < 1.29 is 14.6 Å². The third kappa shape index (κ3) is 6.31. The van der Waals surface area contributed by atoms with Gasteiger partial charge in [0.25, 0.3) is 0 Å². The Morgan fingerprint density at radius 1 is 1.62 bits per heavy atom. The van der Waals surface area contributed by atoms with Crippen LogP contribution in [0.1, 0.15) is 13.8 Å². The summed E-state index contributed by atoms with van der Waals surface area (Å²) >= 11 is 0. The van der Waals surface area contributed by atoms with Crippen molar-refractivity contribution in [1.29, 1.82) is 0 Å². The molecule has 0 fully saturated rings. The lowest BCUT2D eigenvalue weighted by atomic mass is 10.3. The number of aliphatic carboxylic acids is 1. The van der Waals surface area contributed by atoms with E-state index in [0.29, 0.717) is 6.54 Å². The first kappa shape index (κ1) is 12.1. The second-order valence-electron chi connectivity index (χ2n) is 3.04. The Balaban J connectivity index is 3.83. The maximum absolute atomic E-state index is 10.6. The van der Waals surface area contributed by atoms with Gasteiger partial charge in [-0.15, -0.1) is 0 Å². The number of ether oxygens (including phenoxy) is 1. The number of methoxy groups -OCH3 is 1. The molecule has 0 spiro atoms. The molecule has 2 N–H and O–H groups in total. The molecule has 4 nitrogen and oxygen atoms in total. The van der Waals surface area contributed by atoms with Crippen LogP contribution >= 0.6 is 0 Å². The highest BCUT2D eigenvalue weighted by atomic mass is 16.5. The van der Waals surface area contributed by atoms with Gasteiger partial charge in [-0.05, 0) is 13.8 Å². The lowest BCUT2D eigenvalue weighted by Gasteiger charge is -2.11. The zero-order valence-electron chi connectivity index (χ0n) is 8.33. The van der Waals surface area contributed by atoms with Crippen molar-refractivity contribution in [2.45, 2.75) is 19.9 Å². The third-order valence-electron chi connectivity index (χ3n) is 1.51. The van der Waals surface area contributed by atoms with E-state index in [4.69, 9.17) is 9.84 Å². The van der Waals surface area contributed by atoms with E-state index >= 15 is 0 Å². The first-order valence-electron chi connectivity index (χ1n) is 4.16. The number of hydrogen-bond donors (Lipinski definition) is 2. The molecule has 1 unspecified atom stereocenters. The van der Waals surface area contributed by atoms with Gasteiger partial charge in [-0.1, -0.05) is 11.6 Å². The molecule has 0 saturated heterocycles. The molecule has 76 valence electrons. The molecular weight excluding hydrogens is 170 g/mol. The monoisotopic (exact) mass is 187 g/mol. The van der Waals surface area contributed by atoms with Gasteiger partial charge in [-0.2, -0.15) is 0 Å². The molecule has 0 radical (unpaired) electrons. The van der Waals surface area contributed by atoms with Crippen LogP contribution in [0.2, 0.25) is 0 Å². The van der Waals surface area contributed by atoms with Crippen LogP contribution in [-0.4, -0.2) is 37.4 Å². The van der Waals surface area contributed by atoms with Gasteiger partial charge in [0.1, 0.15) is 6.04 Å². The van der Waals surface area contributed by atoms with E-state index in [1.807, 2.05) is 19.9 Å². The second kappa shape index (κ2) is 6.62. The Morgan fingerprint density at radius 3 is 2.62 bits per heavy atom. The highest BCUT2D eigenvalue weighted by Gasteiger charge is 2.14. The van der Waals surface area contributed by atoms with Gasteiger partial charge < -0.3 is 9.84 Å². The maximum atomic E-state index is 10.6. The summed E-state index contributed by atoms with van der Waals surface area (Å²) in [5, 5.41) is 11.6. The SMILES string of the molecule is COCC(NCC=C(C)C)C(=O)O. The number of allylic oxidation sites excluding steroid dienone is 1. The van der Waals surface area contributed by atoms with Gasteiger partial charge in [0.05, 0.1) is 6.61 Å². The zero-order chi connectivity index (χ0) is 10.3. The molecule has 0 saturated carbocycles. The van der Waals surface area contributed by atoms with E-state index in [1.165, 1.54) is 7.11 Å². The van der Waals surface area contributed by atoms with E-state index in [9.17, 15) is 4.79 Å². The number of carbonyl (C=O) groups is 1. The van der Waals surface area contributed by atoms with Crippen molar-refractivity contribution >= 4 is 5.97 Å². The van der Waals surface area contributed by atoms with Crippen LogP contribution in [-0.2, 0) is 9.53 Å². The van der Waals surface area contributed by atoms with Crippen LogP contribution in [0.3, 0.4) is 0 Å². The summed E-state index contributed by atoms with van der Waals surface area (Å²) in [5.74, 6) is -0.885. The van der Waals surface area contributed by atoms with Crippen LogP contribution in [0, 0.1) is 0 Å². The quantitative estimate of drug-likeness (QED) is 0.599.